The molecule has 0 unspecified atom stereocenters. The van der Waals surface area contributed by atoms with Gasteiger partial charge in [0.05, 0.1) is 6.10 Å². The molecule has 2 amide bonds. The predicted molar refractivity (Wildman–Crippen MR) is 130 cm³/mol. The van der Waals surface area contributed by atoms with Crippen molar-refractivity contribution >= 4 is 11.8 Å². The van der Waals surface area contributed by atoms with Crippen LogP contribution in [0.3, 0.4) is 0 Å². The fraction of sp³-hybridized carbons (Fsp3) is 0.577. The van der Waals surface area contributed by atoms with Gasteiger partial charge >= 0.3 is 0 Å². The van der Waals surface area contributed by atoms with Gasteiger partial charge in [-0.3, -0.25) is 14.4 Å². The number of aromatic nitrogens is 1. The minimum atomic E-state index is -0.537. The zero-order chi connectivity index (χ0) is 23.6. The van der Waals surface area contributed by atoms with Crippen molar-refractivity contribution in [3.05, 3.63) is 59.1 Å². The maximum atomic E-state index is 13.3. The number of carbonyl (C=O) groups excluding carboxylic acids is 2. The Balaban J connectivity index is 1.91. The number of ether oxygens (including phenoxy) is 1. The van der Waals surface area contributed by atoms with Crippen molar-refractivity contribution in [3.63, 3.8) is 0 Å². The van der Waals surface area contributed by atoms with Crippen LogP contribution in [-0.2, 0) is 11.3 Å². The van der Waals surface area contributed by atoms with Gasteiger partial charge in [0.15, 0.2) is 0 Å². The lowest BCUT2D eigenvalue weighted by molar-refractivity contribution is 0.0785. The molecule has 33 heavy (non-hydrogen) atoms. The Morgan fingerprint density at radius 2 is 1.64 bits per heavy atom. The standard InChI is InChI=1S/C26H37N3O4/c1-3-14-29(15-4-2)26(32)23-19-28(17-21-13-10-16-33-21)18-22(24(23)30)25(31)27-20-11-8-6-5-7-9-12-20/h3-4,18-21H,1-2,5-17H2,(H,27,31)/t21-/m0/s1. The van der Waals surface area contributed by atoms with Gasteiger partial charge in [0, 0.05) is 44.7 Å². The average molecular weight is 456 g/mol. The number of pyridine rings is 1. The number of nitrogens with one attached hydrogen (secondary N) is 1. The molecule has 2 heterocycles. The smallest absolute Gasteiger partial charge is 0.259 e. The van der Waals surface area contributed by atoms with Crippen molar-refractivity contribution < 1.29 is 14.3 Å². The van der Waals surface area contributed by atoms with Crippen LogP contribution < -0.4 is 10.7 Å². The number of carbonyl (C=O) groups is 2. The molecule has 1 aliphatic heterocycles. The number of nitrogens with zero attached hydrogens (tertiary/aromatic N) is 2. The van der Waals surface area contributed by atoms with E-state index < -0.39 is 17.2 Å². The zero-order valence-electron chi connectivity index (χ0n) is 19.6. The fourth-order valence-corrected chi connectivity index (χ4v) is 4.66. The molecule has 1 atom stereocenters. The molecule has 180 valence electrons. The molecular weight excluding hydrogens is 418 g/mol. The van der Waals surface area contributed by atoms with Gasteiger partial charge < -0.3 is 19.5 Å². The van der Waals surface area contributed by atoms with Crippen molar-refractivity contribution in [2.45, 2.75) is 76.5 Å². The zero-order valence-corrected chi connectivity index (χ0v) is 19.6. The molecule has 1 aromatic rings. The van der Waals surface area contributed by atoms with E-state index in [9.17, 15) is 14.4 Å². The van der Waals surface area contributed by atoms with Crippen molar-refractivity contribution in [2.75, 3.05) is 19.7 Å². The van der Waals surface area contributed by atoms with E-state index in [1.54, 1.807) is 29.1 Å². The van der Waals surface area contributed by atoms with Gasteiger partial charge in [0.1, 0.15) is 11.1 Å². The van der Waals surface area contributed by atoms with Gasteiger partial charge in [-0.05, 0) is 25.7 Å². The number of rotatable bonds is 9. The summed E-state index contributed by atoms with van der Waals surface area (Å²) in [5.41, 5.74) is -0.537. The van der Waals surface area contributed by atoms with Crippen molar-refractivity contribution in [1.29, 1.82) is 0 Å². The Morgan fingerprint density at radius 1 is 1.00 bits per heavy atom. The van der Waals surface area contributed by atoms with E-state index >= 15 is 0 Å². The molecule has 0 aromatic carbocycles. The largest absolute Gasteiger partial charge is 0.376 e. The maximum absolute atomic E-state index is 13.3. The first kappa shape index (κ1) is 25.0. The van der Waals surface area contributed by atoms with Crippen molar-refractivity contribution in [2.24, 2.45) is 0 Å². The summed E-state index contributed by atoms with van der Waals surface area (Å²) in [5.74, 6) is -0.832. The van der Waals surface area contributed by atoms with Crippen LogP contribution >= 0.6 is 0 Å². The van der Waals surface area contributed by atoms with Crippen LogP contribution in [-0.4, -0.2) is 53.1 Å². The molecule has 1 saturated heterocycles. The molecule has 1 N–H and O–H groups in total. The quantitative estimate of drug-likeness (QED) is 0.576. The van der Waals surface area contributed by atoms with Gasteiger partial charge in [-0.15, -0.1) is 13.2 Å². The first-order valence-corrected chi connectivity index (χ1v) is 12.2. The summed E-state index contributed by atoms with van der Waals surface area (Å²) in [6.45, 7) is 9.17. The minimum Gasteiger partial charge on any atom is -0.376 e. The van der Waals surface area contributed by atoms with E-state index in [4.69, 9.17) is 4.74 Å². The molecule has 1 saturated carbocycles. The lowest BCUT2D eigenvalue weighted by atomic mass is 9.96. The van der Waals surface area contributed by atoms with E-state index in [-0.39, 0.29) is 36.4 Å². The first-order chi connectivity index (χ1) is 16.0. The molecule has 7 heteroatoms. The van der Waals surface area contributed by atoms with Crippen LogP contribution in [0.2, 0.25) is 0 Å². The van der Waals surface area contributed by atoms with Crippen LogP contribution in [0.15, 0.2) is 42.5 Å². The second-order valence-corrected chi connectivity index (χ2v) is 9.05. The number of hydrogen-bond acceptors (Lipinski definition) is 4. The van der Waals surface area contributed by atoms with Gasteiger partial charge in [-0.1, -0.05) is 44.3 Å². The topological polar surface area (TPSA) is 80.6 Å². The lowest BCUT2D eigenvalue weighted by Gasteiger charge is -2.23. The molecule has 2 aliphatic rings. The van der Waals surface area contributed by atoms with E-state index in [1.807, 2.05) is 0 Å². The summed E-state index contributed by atoms with van der Waals surface area (Å²) in [4.78, 5) is 41.2. The summed E-state index contributed by atoms with van der Waals surface area (Å²) < 4.78 is 7.50. The summed E-state index contributed by atoms with van der Waals surface area (Å²) in [5, 5.41) is 3.07. The molecule has 1 aromatic heterocycles. The molecule has 3 rings (SSSR count). The molecular formula is C26H37N3O4. The highest BCUT2D eigenvalue weighted by molar-refractivity contribution is 5.99. The van der Waals surface area contributed by atoms with E-state index in [0.717, 1.165) is 38.5 Å². The average Bonchev–Trinajstić information content (AvgIpc) is 3.29. The van der Waals surface area contributed by atoms with Gasteiger partial charge in [-0.25, -0.2) is 0 Å². The van der Waals surface area contributed by atoms with Crippen LogP contribution in [0.25, 0.3) is 0 Å². The van der Waals surface area contributed by atoms with Crippen LogP contribution in [0.4, 0.5) is 0 Å². The minimum absolute atomic E-state index is 0.00873. The van der Waals surface area contributed by atoms with E-state index in [1.165, 1.54) is 24.2 Å². The SMILES string of the molecule is C=CCN(CC=C)C(=O)c1cn(C[C@@H]2CCCO2)cc(C(=O)NC2CCCCCCC2)c1=O. The van der Waals surface area contributed by atoms with Crippen LogP contribution in [0.5, 0.6) is 0 Å². The number of hydrogen-bond donors (Lipinski definition) is 1. The Kier molecular flexibility index (Phi) is 9.48. The van der Waals surface area contributed by atoms with Crippen LogP contribution in [0, 0.1) is 0 Å². The molecule has 1 aliphatic carbocycles. The predicted octanol–water partition coefficient (Wildman–Crippen LogP) is 3.68. The number of amides is 2. The Labute approximate surface area is 196 Å². The first-order valence-electron chi connectivity index (χ1n) is 12.2. The second kappa shape index (κ2) is 12.5. The summed E-state index contributed by atoms with van der Waals surface area (Å²) in [6.07, 6.45) is 15.8. The molecule has 0 spiro atoms. The van der Waals surface area contributed by atoms with Gasteiger partial charge in [0.25, 0.3) is 11.8 Å². The molecule has 0 bridgehead atoms. The maximum Gasteiger partial charge on any atom is 0.259 e. The van der Waals surface area contributed by atoms with Gasteiger partial charge in [0.2, 0.25) is 5.43 Å². The summed E-state index contributed by atoms with van der Waals surface area (Å²) in [6, 6.07) is 0.0567. The molecule has 7 nitrogen and oxygen atoms in total. The summed E-state index contributed by atoms with van der Waals surface area (Å²) in [7, 11) is 0. The van der Waals surface area contributed by atoms with E-state index in [2.05, 4.69) is 18.5 Å². The van der Waals surface area contributed by atoms with Crippen molar-refractivity contribution in [3.8, 4) is 0 Å². The Hall–Kier alpha value is -2.67. The second-order valence-electron chi connectivity index (χ2n) is 9.05. The molecule has 0 radical (unpaired) electrons. The van der Waals surface area contributed by atoms with Crippen molar-refractivity contribution in [1.82, 2.24) is 14.8 Å². The third kappa shape index (κ3) is 6.90. The van der Waals surface area contributed by atoms with Crippen LogP contribution in [0.1, 0.15) is 78.5 Å². The monoisotopic (exact) mass is 455 g/mol. The van der Waals surface area contributed by atoms with Gasteiger partial charge in [-0.2, -0.15) is 0 Å². The lowest BCUT2D eigenvalue weighted by Crippen LogP contribution is -2.41. The Morgan fingerprint density at radius 3 is 2.24 bits per heavy atom. The highest BCUT2D eigenvalue weighted by Crippen LogP contribution is 2.18. The molecule has 2 fully saturated rings. The fourth-order valence-electron chi connectivity index (χ4n) is 4.66. The summed E-state index contributed by atoms with van der Waals surface area (Å²) >= 11 is 0. The van der Waals surface area contributed by atoms with E-state index in [0.29, 0.717) is 13.2 Å². The highest BCUT2D eigenvalue weighted by atomic mass is 16.5. The third-order valence-electron chi connectivity index (χ3n) is 6.42. The highest BCUT2D eigenvalue weighted by Gasteiger charge is 2.25. The third-order valence-corrected chi connectivity index (χ3v) is 6.42. The normalized spacial score (nSPS) is 19.3. The Bertz CT molecular complexity index is 883.